The number of aromatic nitrogens is 1. The zero-order valence-electron chi connectivity index (χ0n) is 11.0. The molecule has 0 spiro atoms. The van der Waals surface area contributed by atoms with Crippen LogP contribution in [0.5, 0.6) is 0 Å². The highest BCUT2D eigenvalue weighted by Gasteiger charge is 2.14. The Hall–Kier alpha value is -1.70. The van der Waals surface area contributed by atoms with Crippen LogP contribution in [0.15, 0.2) is 34.9 Å². The fourth-order valence-corrected chi connectivity index (χ4v) is 2.78. The van der Waals surface area contributed by atoms with Crippen molar-refractivity contribution in [2.45, 2.75) is 25.8 Å². The highest BCUT2D eigenvalue weighted by molar-refractivity contribution is 7.88. The Labute approximate surface area is 117 Å². The van der Waals surface area contributed by atoms with Gasteiger partial charge in [-0.15, -0.1) is 0 Å². The molecule has 0 aliphatic rings. The molecule has 6 nitrogen and oxygen atoms in total. The Morgan fingerprint density at radius 2 is 2.05 bits per heavy atom. The maximum Gasteiger partial charge on any atom is 0.217 e. The van der Waals surface area contributed by atoms with Crippen molar-refractivity contribution < 1.29 is 18.0 Å². The van der Waals surface area contributed by atoms with E-state index >= 15 is 0 Å². The molecule has 0 atom stereocenters. The van der Waals surface area contributed by atoms with Crippen molar-refractivity contribution in [3.8, 4) is 0 Å². The smallest absolute Gasteiger partial charge is 0.217 e. The third kappa shape index (κ3) is 4.16. The lowest BCUT2D eigenvalue weighted by atomic mass is 10.1. The van der Waals surface area contributed by atoms with Gasteiger partial charge in [0.2, 0.25) is 10.0 Å². The largest absolute Gasteiger partial charge is 0.392 e. The summed E-state index contributed by atoms with van der Waals surface area (Å²) < 4.78 is 31.1. The molecular formula is C13H16N2O4S. The average molecular weight is 296 g/mol. The van der Waals surface area contributed by atoms with Gasteiger partial charge >= 0.3 is 0 Å². The number of aryl methyl sites for hydroxylation is 1. The molecule has 1 aromatic carbocycles. The summed E-state index contributed by atoms with van der Waals surface area (Å²) in [6.45, 7) is 1.81. The van der Waals surface area contributed by atoms with Crippen LogP contribution in [0.4, 0.5) is 0 Å². The van der Waals surface area contributed by atoms with Gasteiger partial charge in [0, 0.05) is 12.6 Å². The first-order valence-electron chi connectivity index (χ1n) is 6.07. The molecule has 0 aliphatic heterocycles. The second kappa shape index (κ2) is 6.17. The molecular weight excluding hydrogens is 280 g/mol. The van der Waals surface area contributed by atoms with Crippen LogP contribution in [0.1, 0.15) is 22.6 Å². The van der Waals surface area contributed by atoms with E-state index in [2.05, 4.69) is 9.88 Å². The monoisotopic (exact) mass is 296 g/mol. The number of rotatable bonds is 6. The highest BCUT2D eigenvalue weighted by atomic mass is 32.2. The molecule has 0 amide bonds. The lowest BCUT2D eigenvalue weighted by Crippen LogP contribution is -2.24. The fourth-order valence-electron chi connectivity index (χ4n) is 1.76. The number of hydrogen-bond donors (Lipinski definition) is 2. The first-order valence-corrected chi connectivity index (χ1v) is 7.72. The van der Waals surface area contributed by atoms with Crippen molar-refractivity contribution in [2.75, 3.05) is 0 Å². The van der Waals surface area contributed by atoms with Crippen LogP contribution in [0.2, 0.25) is 0 Å². The lowest BCUT2D eigenvalue weighted by molar-refractivity contribution is 0.281. The molecule has 1 heterocycles. The summed E-state index contributed by atoms with van der Waals surface area (Å²) in [4.78, 5) is 0. The first kappa shape index (κ1) is 14.7. The second-order valence-electron chi connectivity index (χ2n) is 4.49. The van der Waals surface area contributed by atoms with E-state index in [0.717, 1.165) is 11.1 Å². The number of hydrogen-bond acceptors (Lipinski definition) is 5. The van der Waals surface area contributed by atoms with Crippen molar-refractivity contribution >= 4 is 10.0 Å². The van der Waals surface area contributed by atoms with Crippen LogP contribution in [0, 0.1) is 6.92 Å². The van der Waals surface area contributed by atoms with E-state index in [1.54, 1.807) is 37.3 Å². The molecule has 0 unspecified atom stereocenters. The molecule has 0 saturated carbocycles. The molecule has 1 aromatic heterocycles. The standard InChI is InChI=1S/C13H16N2O4S/c1-10-5-13(15-19-10)9-20(17,18)14-7-11-3-2-4-12(6-11)8-16/h2-6,14,16H,7-9H2,1H3. The summed E-state index contributed by atoms with van der Waals surface area (Å²) in [7, 11) is -3.47. The van der Waals surface area contributed by atoms with Gasteiger partial charge in [0.05, 0.1) is 6.61 Å². The molecule has 0 saturated heterocycles. The Bertz CT molecular complexity index is 679. The van der Waals surface area contributed by atoms with Crippen molar-refractivity contribution in [1.82, 2.24) is 9.88 Å². The normalized spacial score (nSPS) is 11.7. The Morgan fingerprint density at radius 3 is 2.70 bits per heavy atom. The first-order chi connectivity index (χ1) is 9.48. The van der Waals surface area contributed by atoms with Crippen LogP contribution >= 0.6 is 0 Å². The van der Waals surface area contributed by atoms with Crippen LogP contribution in [0.3, 0.4) is 0 Å². The molecule has 0 fully saturated rings. The third-order valence-corrected chi connectivity index (χ3v) is 3.94. The van der Waals surface area contributed by atoms with Gasteiger partial charge in [-0.05, 0) is 18.1 Å². The summed E-state index contributed by atoms with van der Waals surface area (Å²) >= 11 is 0. The number of aliphatic hydroxyl groups is 1. The number of nitrogens with zero attached hydrogens (tertiary/aromatic N) is 1. The minimum Gasteiger partial charge on any atom is -0.392 e. The summed E-state index contributed by atoms with van der Waals surface area (Å²) in [5.41, 5.74) is 1.91. The summed E-state index contributed by atoms with van der Waals surface area (Å²) in [6.07, 6.45) is 0. The lowest BCUT2D eigenvalue weighted by Gasteiger charge is -2.06. The van der Waals surface area contributed by atoms with Gasteiger partial charge in [-0.1, -0.05) is 29.4 Å². The van der Waals surface area contributed by atoms with E-state index in [1.807, 2.05) is 0 Å². The van der Waals surface area contributed by atoms with Crippen molar-refractivity contribution in [3.63, 3.8) is 0 Å². The van der Waals surface area contributed by atoms with Gasteiger partial charge in [0.25, 0.3) is 0 Å². The number of nitrogens with one attached hydrogen (secondary N) is 1. The topological polar surface area (TPSA) is 92.4 Å². The van der Waals surface area contributed by atoms with Crippen molar-refractivity contribution in [3.05, 3.63) is 52.9 Å². The number of sulfonamides is 1. The fraction of sp³-hybridized carbons (Fsp3) is 0.308. The third-order valence-electron chi connectivity index (χ3n) is 2.68. The van der Waals surface area contributed by atoms with E-state index in [9.17, 15) is 8.42 Å². The SMILES string of the molecule is Cc1cc(CS(=O)(=O)NCc2cccc(CO)c2)no1. The maximum atomic E-state index is 11.9. The van der Waals surface area contributed by atoms with Crippen LogP contribution in [-0.4, -0.2) is 18.7 Å². The van der Waals surface area contributed by atoms with Crippen molar-refractivity contribution in [2.24, 2.45) is 0 Å². The average Bonchev–Trinajstić information content (AvgIpc) is 2.81. The summed E-state index contributed by atoms with van der Waals surface area (Å²) in [6, 6.07) is 8.68. The second-order valence-corrected chi connectivity index (χ2v) is 6.29. The van der Waals surface area contributed by atoms with E-state index in [1.165, 1.54) is 0 Å². The van der Waals surface area contributed by atoms with Crippen LogP contribution < -0.4 is 4.72 Å². The summed E-state index contributed by atoms with van der Waals surface area (Å²) in [5, 5.41) is 12.7. The zero-order chi connectivity index (χ0) is 14.6. The quantitative estimate of drug-likeness (QED) is 0.832. The minimum atomic E-state index is -3.47. The van der Waals surface area contributed by atoms with Crippen LogP contribution in [-0.2, 0) is 28.9 Å². The van der Waals surface area contributed by atoms with E-state index in [4.69, 9.17) is 9.63 Å². The Balaban J connectivity index is 1.98. The molecule has 0 bridgehead atoms. The molecule has 2 aromatic rings. The zero-order valence-corrected chi connectivity index (χ0v) is 11.9. The molecule has 7 heteroatoms. The van der Waals surface area contributed by atoms with Crippen LogP contribution in [0.25, 0.3) is 0 Å². The van der Waals surface area contributed by atoms with Gasteiger partial charge in [-0.3, -0.25) is 0 Å². The Morgan fingerprint density at radius 1 is 1.30 bits per heavy atom. The molecule has 20 heavy (non-hydrogen) atoms. The van der Waals surface area contributed by atoms with E-state index in [-0.39, 0.29) is 18.9 Å². The number of benzene rings is 1. The molecule has 2 N–H and O–H groups in total. The van der Waals surface area contributed by atoms with Crippen molar-refractivity contribution in [1.29, 1.82) is 0 Å². The summed E-state index contributed by atoms with van der Waals surface area (Å²) in [5.74, 6) is 0.357. The molecule has 108 valence electrons. The Kier molecular flexibility index (Phi) is 4.53. The molecule has 0 aliphatic carbocycles. The van der Waals surface area contributed by atoms with Gasteiger partial charge in [-0.2, -0.15) is 0 Å². The minimum absolute atomic E-state index is 0.0706. The maximum absolute atomic E-state index is 11.9. The number of aliphatic hydroxyl groups excluding tert-OH is 1. The van der Waals surface area contributed by atoms with Gasteiger partial charge in [-0.25, -0.2) is 13.1 Å². The highest BCUT2D eigenvalue weighted by Crippen LogP contribution is 2.08. The van der Waals surface area contributed by atoms with Gasteiger partial charge < -0.3 is 9.63 Å². The van der Waals surface area contributed by atoms with E-state index in [0.29, 0.717) is 11.5 Å². The predicted molar refractivity (Wildman–Crippen MR) is 73.1 cm³/mol. The van der Waals surface area contributed by atoms with Gasteiger partial charge in [0.1, 0.15) is 17.2 Å². The predicted octanol–water partition coefficient (Wildman–Crippen LogP) is 1.09. The molecule has 0 radical (unpaired) electrons. The van der Waals surface area contributed by atoms with E-state index < -0.39 is 10.0 Å². The molecule has 2 rings (SSSR count). The van der Waals surface area contributed by atoms with Gasteiger partial charge in [0.15, 0.2) is 0 Å².